The van der Waals surface area contributed by atoms with Crippen molar-refractivity contribution < 1.29 is 52.7 Å². The molecule has 0 amide bonds. The molecule has 1 atom stereocenters. The van der Waals surface area contributed by atoms with E-state index in [1.807, 2.05) is 5.32 Å². The molecule has 0 radical (unpaired) electrons. The topological polar surface area (TPSA) is 12.0 Å². The first-order valence-electron chi connectivity index (χ1n) is 5.35. The number of alkyl halides is 12. The minimum Gasteiger partial charge on any atom is -0.320 e. The summed E-state index contributed by atoms with van der Waals surface area (Å²) in [6.07, 6.45) is -12.8. The van der Waals surface area contributed by atoms with E-state index in [2.05, 4.69) is 0 Å². The molecule has 0 spiro atoms. The third-order valence-corrected chi connectivity index (χ3v) is 2.60. The summed E-state index contributed by atoms with van der Waals surface area (Å²) < 4.78 is 150. The standard InChI is InChI=1S/C9H9F12N/c1-22-3-2-4(10)5(11,12)6(13,14)7(15,16)8(17,18)9(19,20)21/h4,22H,2-3H2,1H3. The van der Waals surface area contributed by atoms with Crippen molar-refractivity contribution in [2.75, 3.05) is 13.6 Å². The maximum atomic E-state index is 13.0. The summed E-state index contributed by atoms with van der Waals surface area (Å²) in [5, 5.41) is 1.98. The zero-order chi connectivity index (χ0) is 18.2. The van der Waals surface area contributed by atoms with Crippen LogP contribution < -0.4 is 5.32 Å². The second-order valence-electron chi connectivity index (χ2n) is 4.20. The van der Waals surface area contributed by atoms with Crippen LogP contribution in [0.1, 0.15) is 6.42 Å². The predicted molar refractivity (Wildman–Crippen MR) is 49.3 cm³/mol. The minimum absolute atomic E-state index is 0.742. The van der Waals surface area contributed by atoms with Gasteiger partial charge in [-0.15, -0.1) is 0 Å². The van der Waals surface area contributed by atoms with Crippen LogP contribution in [-0.4, -0.2) is 49.6 Å². The van der Waals surface area contributed by atoms with E-state index in [9.17, 15) is 52.7 Å². The van der Waals surface area contributed by atoms with Crippen molar-refractivity contribution in [2.24, 2.45) is 0 Å². The lowest BCUT2D eigenvalue weighted by atomic mass is 9.94. The summed E-state index contributed by atoms with van der Waals surface area (Å²) >= 11 is 0. The van der Waals surface area contributed by atoms with Gasteiger partial charge in [-0.1, -0.05) is 0 Å². The van der Waals surface area contributed by atoms with Crippen LogP contribution in [0.25, 0.3) is 0 Å². The van der Waals surface area contributed by atoms with Crippen molar-refractivity contribution >= 4 is 0 Å². The summed E-state index contributed by atoms with van der Waals surface area (Å²) in [6, 6.07) is 0. The molecule has 0 aromatic heterocycles. The Balaban J connectivity index is 5.78. The molecule has 22 heavy (non-hydrogen) atoms. The summed E-state index contributed by atoms with van der Waals surface area (Å²) in [5.41, 5.74) is 0. The maximum absolute atomic E-state index is 13.0. The van der Waals surface area contributed by atoms with Crippen LogP contribution in [-0.2, 0) is 0 Å². The monoisotopic (exact) mass is 359 g/mol. The molecular formula is C9H9F12N. The minimum atomic E-state index is -7.56. The molecule has 0 saturated heterocycles. The summed E-state index contributed by atoms with van der Waals surface area (Å²) in [4.78, 5) is 0. The van der Waals surface area contributed by atoms with Gasteiger partial charge < -0.3 is 5.32 Å². The molecule has 0 aromatic carbocycles. The van der Waals surface area contributed by atoms with Crippen LogP contribution in [0, 0.1) is 0 Å². The van der Waals surface area contributed by atoms with E-state index in [1.54, 1.807) is 0 Å². The molecular weight excluding hydrogens is 350 g/mol. The number of nitrogens with one attached hydrogen (secondary N) is 1. The van der Waals surface area contributed by atoms with Crippen LogP contribution in [0.5, 0.6) is 0 Å². The van der Waals surface area contributed by atoms with Gasteiger partial charge in [0.2, 0.25) is 0 Å². The predicted octanol–water partition coefficient (Wildman–Crippen LogP) is 4.04. The van der Waals surface area contributed by atoms with E-state index in [0.29, 0.717) is 0 Å². The first kappa shape index (κ1) is 21.1. The molecule has 1 N–H and O–H groups in total. The van der Waals surface area contributed by atoms with Crippen molar-refractivity contribution in [3.8, 4) is 0 Å². The molecule has 0 fully saturated rings. The van der Waals surface area contributed by atoms with Gasteiger partial charge in [-0.25, -0.2) is 4.39 Å². The van der Waals surface area contributed by atoms with Crippen LogP contribution in [0.3, 0.4) is 0 Å². The van der Waals surface area contributed by atoms with Crippen molar-refractivity contribution in [3.63, 3.8) is 0 Å². The summed E-state index contributed by atoms with van der Waals surface area (Å²) in [5.74, 6) is -28.8. The maximum Gasteiger partial charge on any atom is 0.460 e. The average molecular weight is 359 g/mol. The van der Waals surface area contributed by atoms with E-state index in [0.717, 1.165) is 7.05 Å². The van der Waals surface area contributed by atoms with Crippen molar-refractivity contribution in [1.82, 2.24) is 5.32 Å². The normalized spacial score (nSPS) is 16.8. The second kappa shape index (κ2) is 5.96. The molecule has 1 unspecified atom stereocenters. The molecule has 0 aliphatic carbocycles. The van der Waals surface area contributed by atoms with Crippen molar-refractivity contribution in [2.45, 2.75) is 42.5 Å². The van der Waals surface area contributed by atoms with Crippen molar-refractivity contribution in [1.29, 1.82) is 0 Å². The van der Waals surface area contributed by atoms with E-state index in [1.165, 1.54) is 0 Å². The molecule has 13 heteroatoms. The fraction of sp³-hybridized carbons (Fsp3) is 1.00. The highest BCUT2D eigenvalue weighted by Gasteiger charge is 2.88. The quantitative estimate of drug-likeness (QED) is 0.677. The summed E-state index contributed by atoms with van der Waals surface area (Å²) in [7, 11) is 1.04. The van der Waals surface area contributed by atoms with Crippen LogP contribution in [0.2, 0.25) is 0 Å². The average Bonchev–Trinajstić information content (AvgIpc) is 2.33. The first-order chi connectivity index (χ1) is 9.48. The summed E-state index contributed by atoms with van der Waals surface area (Å²) in [6.45, 7) is -0.742. The lowest BCUT2D eigenvalue weighted by molar-refractivity contribution is -0.426. The van der Waals surface area contributed by atoms with E-state index < -0.39 is 49.0 Å². The molecule has 0 aliphatic heterocycles. The van der Waals surface area contributed by atoms with Gasteiger partial charge >= 0.3 is 29.9 Å². The molecule has 0 aliphatic rings. The van der Waals surface area contributed by atoms with Crippen molar-refractivity contribution in [3.05, 3.63) is 0 Å². The Morgan fingerprint density at radius 2 is 1.14 bits per heavy atom. The zero-order valence-corrected chi connectivity index (χ0v) is 10.5. The van der Waals surface area contributed by atoms with E-state index in [4.69, 9.17) is 0 Å². The van der Waals surface area contributed by atoms with Gasteiger partial charge in [-0.05, 0) is 20.0 Å². The van der Waals surface area contributed by atoms with Gasteiger partial charge in [0, 0.05) is 0 Å². The second-order valence-corrected chi connectivity index (χ2v) is 4.20. The van der Waals surface area contributed by atoms with Gasteiger partial charge in [0.15, 0.2) is 6.17 Å². The third-order valence-electron chi connectivity index (χ3n) is 2.60. The SMILES string of the molecule is CNCCC(F)C(F)(F)C(F)(F)C(F)(F)C(F)(F)C(F)(F)F. The fourth-order valence-corrected chi connectivity index (χ4v) is 1.23. The van der Waals surface area contributed by atoms with E-state index >= 15 is 0 Å². The molecule has 0 heterocycles. The fourth-order valence-electron chi connectivity index (χ4n) is 1.23. The van der Waals surface area contributed by atoms with Crippen LogP contribution >= 0.6 is 0 Å². The molecule has 1 nitrogen and oxygen atoms in total. The Morgan fingerprint density at radius 3 is 1.45 bits per heavy atom. The Labute approximate surface area is 115 Å². The Bertz CT molecular complexity index is 373. The Hall–Kier alpha value is -0.880. The molecule has 0 aromatic rings. The van der Waals surface area contributed by atoms with Crippen LogP contribution in [0.15, 0.2) is 0 Å². The van der Waals surface area contributed by atoms with Gasteiger partial charge in [-0.3, -0.25) is 0 Å². The largest absolute Gasteiger partial charge is 0.460 e. The van der Waals surface area contributed by atoms with Gasteiger partial charge in [0.1, 0.15) is 0 Å². The smallest absolute Gasteiger partial charge is 0.320 e. The highest BCUT2D eigenvalue weighted by Crippen LogP contribution is 2.58. The van der Waals surface area contributed by atoms with Gasteiger partial charge in [0.25, 0.3) is 0 Å². The van der Waals surface area contributed by atoms with Gasteiger partial charge in [0.05, 0.1) is 0 Å². The molecule has 134 valence electrons. The molecule has 0 saturated carbocycles. The lowest BCUT2D eigenvalue weighted by Crippen LogP contribution is -2.68. The Kier molecular flexibility index (Phi) is 5.72. The number of hydrogen-bond donors (Lipinski definition) is 1. The number of rotatable bonds is 7. The molecule has 0 rings (SSSR count). The van der Waals surface area contributed by atoms with Crippen LogP contribution in [0.4, 0.5) is 52.7 Å². The zero-order valence-electron chi connectivity index (χ0n) is 10.5. The molecule has 0 bridgehead atoms. The first-order valence-corrected chi connectivity index (χ1v) is 5.35. The highest BCUT2D eigenvalue weighted by molar-refractivity contribution is 5.08. The third kappa shape index (κ3) is 3.08. The highest BCUT2D eigenvalue weighted by atomic mass is 19.4. The lowest BCUT2D eigenvalue weighted by Gasteiger charge is -2.38. The van der Waals surface area contributed by atoms with Gasteiger partial charge in [-0.2, -0.15) is 48.3 Å². The number of halogens is 12. The number of hydrogen-bond acceptors (Lipinski definition) is 1. The van der Waals surface area contributed by atoms with E-state index in [-0.39, 0.29) is 0 Å². The Morgan fingerprint density at radius 1 is 0.727 bits per heavy atom.